The van der Waals surface area contributed by atoms with E-state index in [0.717, 1.165) is 49.3 Å². The van der Waals surface area contributed by atoms with E-state index in [0.29, 0.717) is 6.42 Å². The molecule has 3 N–H and O–H groups in total. The van der Waals surface area contributed by atoms with E-state index in [1.54, 1.807) is 0 Å². The van der Waals surface area contributed by atoms with Gasteiger partial charge < -0.3 is 15.5 Å². The van der Waals surface area contributed by atoms with Gasteiger partial charge in [-0.3, -0.25) is 9.59 Å². The minimum Gasteiger partial charge on any atom is -0.342 e. The Morgan fingerprint density at radius 1 is 1.15 bits per heavy atom. The summed E-state index contributed by atoms with van der Waals surface area (Å²) in [5.41, 5.74) is 2.96. The molecule has 1 aliphatic heterocycles. The zero-order valence-corrected chi connectivity index (χ0v) is 15.9. The van der Waals surface area contributed by atoms with Gasteiger partial charge >= 0.3 is 0 Å². The van der Waals surface area contributed by atoms with Gasteiger partial charge in [-0.1, -0.05) is 48.0 Å². The number of amides is 2. The zero-order valence-electron chi connectivity index (χ0n) is 15.9. The highest BCUT2D eigenvalue weighted by Gasteiger charge is 2.24. The molecule has 1 atom stereocenters. The molecular weight excluding hydrogens is 338 g/mol. The second-order valence-corrected chi connectivity index (χ2v) is 7.11. The van der Waals surface area contributed by atoms with Gasteiger partial charge in [0, 0.05) is 37.2 Å². The number of carbonyl (C=O) groups is 2. The molecule has 0 radical (unpaired) electrons. The Morgan fingerprint density at radius 3 is 2.56 bits per heavy atom. The van der Waals surface area contributed by atoms with E-state index < -0.39 is 0 Å². The van der Waals surface area contributed by atoms with E-state index in [-0.39, 0.29) is 17.9 Å². The van der Waals surface area contributed by atoms with Crippen LogP contribution in [-0.4, -0.2) is 36.3 Å². The van der Waals surface area contributed by atoms with Gasteiger partial charge in [0.15, 0.2) is 6.04 Å². The van der Waals surface area contributed by atoms with Gasteiger partial charge in [-0.2, -0.15) is 0 Å². The Bertz CT molecular complexity index is 759. The summed E-state index contributed by atoms with van der Waals surface area (Å²) in [6, 6.07) is 17.4. The van der Waals surface area contributed by atoms with Crippen molar-refractivity contribution < 1.29 is 14.9 Å². The normalized spacial score (nSPS) is 15.0. The van der Waals surface area contributed by atoms with Crippen molar-refractivity contribution in [3.05, 3.63) is 65.7 Å². The van der Waals surface area contributed by atoms with Crippen molar-refractivity contribution in [2.45, 2.75) is 32.2 Å². The molecular formula is C22H28N3O2+. The Kier molecular flexibility index (Phi) is 6.60. The van der Waals surface area contributed by atoms with Gasteiger partial charge in [-0.05, 0) is 25.5 Å². The number of hydrogen-bond acceptors (Lipinski definition) is 2. The van der Waals surface area contributed by atoms with Crippen molar-refractivity contribution in [1.29, 1.82) is 0 Å². The molecule has 1 aliphatic rings. The van der Waals surface area contributed by atoms with Gasteiger partial charge in [0.1, 0.15) is 0 Å². The van der Waals surface area contributed by atoms with Crippen LogP contribution in [0.5, 0.6) is 0 Å². The first-order valence-electron chi connectivity index (χ1n) is 9.67. The van der Waals surface area contributed by atoms with Crippen LogP contribution < -0.4 is 10.6 Å². The average molecular weight is 366 g/mol. The number of anilines is 1. The van der Waals surface area contributed by atoms with E-state index in [4.69, 9.17) is 0 Å². The molecule has 1 heterocycles. The summed E-state index contributed by atoms with van der Waals surface area (Å²) in [7, 11) is 0. The van der Waals surface area contributed by atoms with Crippen LogP contribution in [0.4, 0.5) is 5.69 Å². The van der Waals surface area contributed by atoms with Crippen molar-refractivity contribution in [3.63, 3.8) is 0 Å². The lowest BCUT2D eigenvalue weighted by Gasteiger charge is -2.18. The Labute approximate surface area is 160 Å². The SMILES string of the molecule is Cc1ccc(NC(=O)[C@@H]([NH2+]CCCN2CCCC2=O)c2ccccc2)cc1. The second kappa shape index (κ2) is 9.33. The molecule has 142 valence electrons. The van der Waals surface area contributed by atoms with Crippen molar-refractivity contribution in [1.82, 2.24) is 4.90 Å². The van der Waals surface area contributed by atoms with Crippen LogP contribution in [0.2, 0.25) is 0 Å². The minimum absolute atomic E-state index is 0.0256. The van der Waals surface area contributed by atoms with Crippen molar-refractivity contribution in [3.8, 4) is 0 Å². The second-order valence-electron chi connectivity index (χ2n) is 7.11. The van der Waals surface area contributed by atoms with Crippen LogP contribution in [0.15, 0.2) is 54.6 Å². The smallest absolute Gasteiger partial charge is 0.287 e. The third kappa shape index (κ3) is 5.41. The summed E-state index contributed by atoms with van der Waals surface area (Å²) >= 11 is 0. The van der Waals surface area contributed by atoms with Gasteiger partial charge in [0.2, 0.25) is 5.91 Å². The van der Waals surface area contributed by atoms with Crippen LogP contribution in [-0.2, 0) is 9.59 Å². The van der Waals surface area contributed by atoms with Crippen molar-refractivity contribution in [2.75, 3.05) is 25.0 Å². The molecule has 3 rings (SSSR count). The van der Waals surface area contributed by atoms with Crippen LogP contribution in [0.1, 0.15) is 36.4 Å². The molecule has 5 heteroatoms. The third-order valence-corrected chi connectivity index (χ3v) is 4.97. The summed E-state index contributed by atoms with van der Waals surface area (Å²) < 4.78 is 0. The fourth-order valence-corrected chi connectivity index (χ4v) is 3.42. The molecule has 0 aromatic heterocycles. The monoisotopic (exact) mass is 366 g/mol. The number of quaternary nitrogens is 1. The minimum atomic E-state index is -0.304. The number of rotatable bonds is 8. The first-order valence-corrected chi connectivity index (χ1v) is 9.67. The van der Waals surface area contributed by atoms with Crippen LogP contribution in [0, 0.1) is 6.92 Å². The molecule has 27 heavy (non-hydrogen) atoms. The van der Waals surface area contributed by atoms with E-state index in [9.17, 15) is 9.59 Å². The van der Waals surface area contributed by atoms with E-state index in [1.165, 1.54) is 0 Å². The van der Waals surface area contributed by atoms with Crippen LogP contribution in [0.25, 0.3) is 0 Å². The largest absolute Gasteiger partial charge is 0.342 e. The van der Waals surface area contributed by atoms with E-state index in [1.807, 2.05) is 66.4 Å². The predicted molar refractivity (Wildman–Crippen MR) is 106 cm³/mol. The summed E-state index contributed by atoms with van der Waals surface area (Å²) in [5.74, 6) is 0.231. The number of benzene rings is 2. The summed E-state index contributed by atoms with van der Waals surface area (Å²) in [4.78, 5) is 26.5. The molecule has 0 aliphatic carbocycles. The van der Waals surface area contributed by atoms with Gasteiger partial charge in [-0.25, -0.2) is 0 Å². The number of nitrogens with one attached hydrogen (secondary N) is 1. The van der Waals surface area contributed by atoms with Crippen molar-refractivity contribution >= 4 is 17.5 Å². The number of aryl methyl sites for hydroxylation is 1. The lowest BCUT2D eigenvalue weighted by atomic mass is 10.1. The Morgan fingerprint density at radius 2 is 1.89 bits per heavy atom. The summed E-state index contributed by atoms with van der Waals surface area (Å²) in [6.45, 7) is 4.47. The predicted octanol–water partition coefficient (Wildman–Crippen LogP) is 2.25. The Balaban J connectivity index is 1.59. The molecule has 2 aromatic carbocycles. The maximum atomic E-state index is 12.9. The highest BCUT2D eigenvalue weighted by atomic mass is 16.2. The summed E-state index contributed by atoms with van der Waals surface area (Å²) in [6.07, 6.45) is 2.52. The van der Waals surface area contributed by atoms with Gasteiger partial charge in [0.25, 0.3) is 5.91 Å². The average Bonchev–Trinajstić information content (AvgIpc) is 3.09. The quantitative estimate of drug-likeness (QED) is 0.704. The first-order chi connectivity index (χ1) is 13.1. The van der Waals surface area contributed by atoms with Crippen LogP contribution in [0.3, 0.4) is 0 Å². The number of likely N-dealkylation sites (tertiary alicyclic amines) is 1. The standard InChI is InChI=1S/C22H27N3O2/c1-17-10-12-19(13-11-17)24-22(27)21(18-7-3-2-4-8-18)23-14-6-16-25-15-5-9-20(25)26/h2-4,7-8,10-13,21,23H,5-6,9,14-16H2,1H3,(H,24,27)/p+1/t21-/m0/s1. The molecule has 2 aromatic rings. The molecule has 0 spiro atoms. The number of hydrogen-bond donors (Lipinski definition) is 2. The fraction of sp³-hybridized carbons (Fsp3) is 0.364. The maximum absolute atomic E-state index is 12.9. The zero-order chi connectivity index (χ0) is 19.1. The van der Waals surface area contributed by atoms with Crippen molar-refractivity contribution in [2.24, 2.45) is 0 Å². The summed E-state index contributed by atoms with van der Waals surface area (Å²) in [5, 5.41) is 5.09. The van der Waals surface area contributed by atoms with Gasteiger partial charge in [-0.15, -0.1) is 0 Å². The topological polar surface area (TPSA) is 66.0 Å². The number of nitrogens with two attached hydrogens (primary N) is 1. The molecule has 0 unspecified atom stereocenters. The highest BCUT2D eigenvalue weighted by Crippen LogP contribution is 2.14. The number of carbonyl (C=O) groups excluding carboxylic acids is 2. The van der Waals surface area contributed by atoms with E-state index >= 15 is 0 Å². The van der Waals surface area contributed by atoms with Gasteiger partial charge in [0.05, 0.1) is 6.54 Å². The molecule has 0 saturated carbocycles. The maximum Gasteiger partial charge on any atom is 0.287 e. The molecule has 1 saturated heterocycles. The fourth-order valence-electron chi connectivity index (χ4n) is 3.42. The lowest BCUT2D eigenvalue weighted by molar-refractivity contribution is -0.682. The molecule has 1 fully saturated rings. The van der Waals surface area contributed by atoms with Crippen LogP contribution >= 0.6 is 0 Å². The van der Waals surface area contributed by atoms with E-state index in [2.05, 4.69) is 10.6 Å². The highest BCUT2D eigenvalue weighted by molar-refractivity contribution is 5.94. The first kappa shape index (κ1) is 19.1. The molecule has 5 nitrogen and oxygen atoms in total. The lowest BCUT2D eigenvalue weighted by Crippen LogP contribution is -2.87. The third-order valence-electron chi connectivity index (χ3n) is 4.97. The number of nitrogens with zero attached hydrogens (tertiary/aromatic N) is 1. The molecule has 2 amide bonds. The Hall–Kier alpha value is -2.66. The molecule has 0 bridgehead atoms.